The number of carbonyl (C=O) groups excluding carboxylic acids is 1. The molecule has 1 aromatic heterocycles. The van der Waals surface area contributed by atoms with E-state index in [0.29, 0.717) is 18.0 Å². The molecule has 0 atom stereocenters. The number of methoxy groups -OCH3 is 1. The van der Waals surface area contributed by atoms with Crippen LogP contribution in [0.3, 0.4) is 0 Å². The number of carbonyl (C=O) groups is 1. The molecule has 2 aromatic carbocycles. The van der Waals surface area contributed by atoms with Crippen LogP contribution >= 0.6 is 11.8 Å². The summed E-state index contributed by atoms with van der Waals surface area (Å²) in [5, 5.41) is 3.46. The van der Waals surface area contributed by atoms with Crippen LogP contribution in [0.5, 0.6) is 5.75 Å². The van der Waals surface area contributed by atoms with Gasteiger partial charge in [-0.2, -0.15) is 0 Å². The normalized spacial score (nSPS) is 10.4. The van der Waals surface area contributed by atoms with E-state index in [4.69, 9.17) is 10.5 Å². The fourth-order valence-electron chi connectivity index (χ4n) is 2.44. The van der Waals surface area contributed by atoms with Gasteiger partial charge in [0.05, 0.1) is 13.3 Å². The Morgan fingerprint density at radius 3 is 2.78 bits per heavy atom. The van der Waals surface area contributed by atoms with Gasteiger partial charge in [-0.1, -0.05) is 42.1 Å². The molecule has 0 aliphatic carbocycles. The Labute approximate surface area is 162 Å². The summed E-state index contributed by atoms with van der Waals surface area (Å²) in [7, 11) is 1.63. The maximum atomic E-state index is 12.5. The van der Waals surface area contributed by atoms with Gasteiger partial charge >= 0.3 is 0 Å². The third kappa shape index (κ3) is 5.21. The van der Waals surface area contributed by atoms with Gasteiger partial charge in [0.15, 0.2) is 11.5 Å². The van der Waals surface area contributed by atoms with Gasteiger partial charge in [-0.15, -0.1) is 0 Å². The van der Waals surface area contributed by atoms with Crippen molar-refractivity contribution in [3.05, 3.63) is 72.1 Å². The molecular formula is C20H20N4O2S. The summed E-state index contributed by atoms with van der Waals surface area (Å²) in [4.78, 5) is 21.9. The quantitative estimate of drug-likeness (QED) is 0.654. The van der Waals surface area contributed by atoms with E-state index in [1.807, 2.05) is 54.6 Å². The van der Waals surface area contributed by atoms with E-state index >= 15 is 0 Å². The molecule has 7 heteroatoms. The number of amides is 1. The molecule has 1 heterocycles. The number of anilines is 1. The Hall–Kier alpha value is -3.06. The van der Waals surface area contributed by atoms with Gasteiger partial charge < -0.3 is 15.8 Å². The van der Waals surface area contributed by atoms with E-state index < -0.39 is 0 Å². The molecule has 0 saturated carbocycles. The van der Waals surface area contributed by atoms with Crippen molar-refractivity contribution >= 4 is 23.5 Å². The molecule has 1 amide bonds. The minimum Gasteiger partial charge on any atom is -0.497 e. The summed E-state index contributed by atoms with van der Waals surface area (Å²) >= 11 is 1.43. The monoisotopic (exact) mass is 380 g/mol. The van der Waals surface area contributed by atoms with Crippen LogP contribution in [0, 0.1) is 0 Å². The van der Waals surface area contributed by atoms with Crippen LogP contribution in [0.15, 0.2) is 70.7 Å². The average molecular weight is 380 g/mol. The number of nitrogens with one attached hydrogen (secondary N) is 1. The van der Waals surface area contributed by atoms with Crippen LogP contribution in [-0.2, 0) is 6.42 Å². The lowest BCUT2D eigenvalue weighted by Crippen LogP contribution is -2.28. The Morgan fingerprint density at radius 2 is 2.00 bits per heavy atom. The number of ether oxygens (including phenoxy) is 1. The third-order valence-corrected chi connectivity index (χ3v) is 4.71. The molecule has 0 aliphatic rings. The van der Waals surface area contributed by atoms with Gasteiger partial charge in [0.2, 0.25) is 0 Å². The number of nitrogen functional groups attached to an aromatic ring is 1. The zero-order chi connectivity index (χ0) is 19.1. The predicted molar refractivity (Wildman–Crippen MR) is 106 cm³/mol. The largest absolute Gasteiger partial charge is 0.497 e. The van der Waals surface area contributed by atoms with Crippen LogP contribution in [0.1, 0.15) is 16.1 Å². The average Bonchev–Trinajstić information content (AvgIpc) is 2.70. The number of hydrogen-bond donors (Lipinski definition) is 2. The molecule has 6 nitrogen and oxygen atoms in total. The molecule has 0 bridgehead atoms. The van der Waals surface area contributed by atoms with Gasteiger partial charge in [-0.3, -0.25) is 4.79 Å². The highest BCUT2D eigenvalue weighted by molar-refractivity contribution is 7.99. The van der Waals surface area contributed by atoms with E-state index in [9.17, 15) is 4.79 Å². The van der Waals surface area contributed by atoms with Gasteiger partial charge in [0.25, 0.3) is 5.91 Å². The first kappa shape index (κ1) is 18.7. The summed E-state index contributed by atoms with van der Waals surface area (Å²) in [5.41, 5.74) is 7.06. The van der Waals surface area contributed by atoms with Crippen LogP contribution in [0.4, 0.5) is 5.82 Å². The number of nitrogens with zero attached hydrogens (tertiary/aromatic N) is 2. The second kappa shape index (κ2) is 9.05. The molecular weight excluding hydrogens is 360 g/mol. The van der Waals surface area contributed by atoms with Crippen molar-refractivity contribution in [2.24, 2.45) is 0 Å². The van der Waals surface area contributed by atoms with Crippen molar-refractivity contribution in [3.8, 4) is 5.75 Å². The summed E-state index contributed by atoms with van der Waals surface area (Å²) < 4.78 is 5.20. The topological polar surface area (TPSA) is 90.1 Å². The van der Waals surface area contributed by atoms with Gasteiger partial charge in [0.1, 0.15) is 10.8 Å². The van der Waals surface area contributed by atoms with Crippen molar-refractivity contribution in [2.45, 2.75) is 16.3 Å². The molecule has 0 saturated heterocycles. The molecule has 3 aromatic rings. The first-order valence-electron chi connectivity index (χ1n) is 8.42. The number of nitrogens with two attached hydrogens (primary N) is 1. The second-order valence-electron chi connectivity index (χ2n) is 5.71. The zero-order valence-electron chi connectivity index (χ0n) is 14.9. The minimum absolute atomic E-state index is 0.117. The highest BCUT2D eigenvalue weighted by Gasteiger charge is 2.14. The van der Waals surface area contributed by atoms with E-state index in [2.05, 4.69) is 15.3 Å². The number of rotatable bonds is 7. The highest BCUT2D eigenvalue weighted by atomic mass is 32.2. The third-order valence-electron chi connectivity index (χ3n) is 3.79. The summed E-state index contributed by atoms with van der Waals surface area (Å²) in [6.07, 6.45) is 2.24. The van der Waals surface area contributed by atoms with Gasteiger partial charge in [0, 0.05) is 11.4 Å². The van der Waals surface area contributed by atoms with Crippen molar-refractivity contribution in [2.75, 3.05) is 19.4 Å². The van der Waals surface area contributed by atoms with E-state index in [0.717, 1.165) is 16.2 Å². The van der Waals surface area contributed by atoms with Crippen LogP contribution < -0.4 is 15.8 Å². The fourth-order valence-corrected chi connectivity index (χ4v) is 3.22. The molecule has 3 rings (SSSR count). The fraction of sp³-hybridized carbons (Fsp3) is 0.150. The standard InChI is InChI=1S/C20H20N4O2S/c1-26-15-7-5-6-14(12-15)10-11-22-20(25)18-19(21)23-13-17(24-18)27-16-8-3-2-4-9-16/h2-9,12-13H,10-11H2,1H3,(H2,21,23)(H,22,25). The first-order chi connectivity index (χ1) is 13.2. The molecule has 138 valence electrons. The Bertz CT molecular complexity index is 919. The molecule has 0 aliphatic heterocycles. The lowest BCUT2D eigenvalue weighted by atomic mass is 10.1. The Balaban J connectivity index is 1.62. The lowest BCUT2D eigenvalue weighted by Gasteiger charge is -2.09. The number of benzene rings is 2. The van der Waals surface area contributed by atoms with Crippen molar-refractivity contribution in [1.29, 1.82) is 0 Å². The van der Waals surface area contributed by atoms with E-state index in [1.165, 1.54) is 11.8 Å². The zero-order valence-corrected chi connectivity index (χ0v) is 15.7. The molecule has 27 heavy (non-hydrogen) atoms. The maximum Gasteiger partial charge on any atom is 0.273 e. The van der Waals surface area contributed by atoms with Crippen molar-refractivity contribution in [3.63, 3.8) is 0 Å². The Morgan fingerprint density at radius 1 is 1.19 bits per heavy atom. The van der Waals surface area contributed by atoms with Gasteiger partial charge in [-0.25, -0.2) is 9.97 Å². The van der Waals surface area contributed by atoms with Crippen LogP contribution in [-0.4, -0.2) is 29.5 Å². The number of aromatic nitrogens is 2. The summed E-state index contributed by atoms with van der Waals surface area (Å²) in [6.45, 7) is 0.461. The van der Waals surface area contributed by atoms with Crippen molar-refractivity contribution in [1.82, 2.24) is 15.3 Å². The SMILES string of the molecule is COc1cccc(CCNC(=O)c2nc(Sc3ccccc3)cnc2N)c1. The number of hydrogen-bond acceptors (Lipinski definition) is 6. The molecule has 0 radical (unpaired) electrons. The molecule has 0 unspecified atom stereocenters. The minimum atomic E-state index is -0.335. The highest BCUT2D eigenvalue weighted by Crippen LogP contribution is 2.26. The smallest absolute Gasteiger partial charge is 0.273 e. The molecule has 0 fully saturated rings. The van der Waals surface area contributed by atoms with Crippen LogP contribution in [0.2, 0.25) is 0 Å². The van der Waals surface area contributed by atoms with Crippen LogP contribution in [0.25, 0.3) is 0 Å². The van der Waals surface area contributed by atoms with E-state index in [1.54, 1.807) is 13.3 Å². The van der Waals surface area contributed by atoms with Crippen molar-refractivity contribution < 1.29 is 9.53 Å². The Kier molecular flexibility index (Phi) is 6.27. The summed E-state index contributed by atoms with van der Waals surface area (Å²) in [5.74, 6) is 0.573. The lowest BCUT2D eigenvalue weighted by molar-refractivity contribution is 0.0949. The second-order valence-corrected chi connectivity index (χ2v) is 6.81. The van der Waals surface area contributed by atoms with E-state index in [-0.39, 0.29) is 17.4 Å². The summed E-state index contributed by atoms with van der Waals surface area (Å²) in [6, 6.07) is 17.5. The molecule has 0 spiro atoms. The predicted octanol–water partition coefficient (Wildman–Crippen LogP) is 3.19. The van der Waals surface area contributed by atoms with Gasteiger partial charge in [-0.05, 0) is 36.2 Å². The maximum absolute atomic E-state index is 12.5. The molecule has 3 N–H and O–H groups in total. The first-order valence-corrected chi connectivity index (χ1v) is 9.24.